The molecule has 0 bridgehead atoms. The van der Waals surface area contributed by atoms with Crippen molar-refractivity contribution in [3.63, 3.8) is 0 Å². The Morgan fingerprint density at radius 3 is 2.86 bits per heavy atom. The molecule has 2 nitrogen and oxygen atoms in total. The molecule has 0 amide bonds. The number of halogens is 1. The Labute approximate surface area is 87.8 Å². The maximum Gasteiger partial charge on any atom is 0.163 e. The van der Waals surface area contributed by atoms with E-state index in [1.807, 2.05) is 0 Å². The zero-order valence-electron chi connectivity index (χ0n) is 7.83. The highest BCUT2D eigenvalue weighted by Gasteiger charge is 2.05. The number of benzene rings is 1. The van der Waals surface area contributed by atoms with Gasteiger partial charge in [-0.1, -0.05) is 18.2 Å². The number of Topliss-reactive ketones (excluding diaryl/α,β-unsaturated/α-hetero) is 1. The first-order valence-electron chi connectivity index (χ1n) is 4.21. The maximum atomic E-state index is 11.1. The number of hydrogen-bond acceptors (Lipinski definition) is 2. The van der Waals surface area contributed by atoms with Crippen LogP contribution in [0.4, 0.5) is 0 Å². The number of carbonyl (C=O) groups is 1. The fourth-order valence-corrected chi connectivity index (χ4v) is 1.21. The van der Waals surface area contributed by atoms with Crippen LogP contribution < -0.4 is 0 Å². The van der Waals surface area contributed by atoms with Crippen molar-refractivity contribution in [1.29, 1.82) is 0 Å². The number of carbonyl (C=O) groups excluding carboxylic acids is 1. The molecule has 0 unspecified atom stereocenters. The molecule has 0 spiro atoms. The zero-order chi connectivity index (χ0) is 10.6. The lowest BCUT2D eigenvalue weighted by Crippen LogP contribution is -1.92. The van der Waals surface area contributed by atoms with Crippen LogP contribution >= 0.6 is 11.6 Å². The average molecular weight is 211 g/mol. The Morgan fingerprint density at radius 1 is 1.57 bits per heavy atom. The van der Waals surface area contributed by atoms with Gasteiger partial charge in [0, 0.05) is 5.88 Å². The van der Waals surface area contributed by atoms with Gasteiger partial charge in [-0.15, -0.1) is 11.6 Å². The summed E-state index contributed by atoms with van der Waals surface area (Å²) in [5.74, 6) is 0.292. The molecule has 74 valence electrons. The Balaban J connectivity index is 3.06. The molecule has 0 aromatic heterocycles. The topological polar surface area (TPSA) is 37.3 Å². The minimum absolute atomic E-state index is 0.0144. The normalized spacial score (nSPS) is 10.7. The Bertz CT molecular complexity index is 370. The smallest absolute Gasteiger partial charge is 0.163 e. The van der Waals surface area contributed by atoms with Crippen molar-refractivity contribution in [3.05, 3.63) is 35.4 Å². The van der Waals surface area contributed by atoms with Crippen LogP contribution in [0.5, 0.6) is 5.75 Å². The average Bonchev–Trinajstić information content (AvgIpc) is 2.16. The molecule has 0 saturated heterocycles. The van der Waals surface area contributed by atoms with Gasteiger partial charge >= 0.3 is 0 Å². The van der Waals surface area contributed by atoms with E-state index in [-0.39, 0.29) is 11.5 Å². The van der Waals surface area contributed by atoms with Crippen molar-refractivity contribution in [2.24, 2.45) is 0 Å². The second kappa shape index (κ2) is 4.82. The highest BCUT2D eigenvalue weighted by molar-refractivity contribution is 6.19. The lowest BCUT2D eigenvalue weighted by molar-refractivity contribution is 0.101. The predicted molar refractivity (Wildman–Crippen MR) is 57.9 cm³/mol. The fourth-order valence-electron chi connectivity index (χ4n) is 1.12. The predicted octanol–water partition coefficient (Wildman–Crippen LogP) is 2.85. The molecule has 0 aliphatic rings. The van der Waals surface area contributed by atoms with E-state index in [0.29, 0.717) is 11.4 Å². The summed E-state index contributed by atoms with van der Waals surface area (Å²) in [7, 11) is 0. The molecule has 0 radical (unpaired) electrons. The van der Waals surface area contributed by atoms with Crippen LogP contribution in [0.1, 0.15) is 22.8 Å². The molecule has 0 aliphatic heterocycles. The molecule has 0 heterocycles. The number of phenolic OH excluding ortho intramolecular Hbond substituents is 1. The summed E-state index contributed by atoms with van der Waals surface area (Å²) in [5, 5.41) is 9.36. The van der Waals surface area contributed by atoms with Crippen molar-refractivity contribution < 1.29 is 9.90 Å². The van der Waals surface area contributed by atoms with Gasteiger partial charge in [0.15, 0.2) is 5.78 Å². The van der Waals surface area contributed by atoms with Gasteiger partial charge in [-0.05, 0) is 24.6 Å². The van der Waals surface area contributed by atoms with Gasteiger partial charge in [-0.2, -0.15) is 0 Å². The van der Waals surface area contributed by atoms with E-state index in [0.717, 1.165) is 5.56 Å². The Morgan fingerprint density at radius 2 is 2.29 bits per heavy atom. The minimum atomic E-state index is -0.149. The summed E-state index contributed by atoms with van der Waals surface area (Å²) in [6, 6.07) is 4.87. The van der Waals surface area contributed by atoms with Crippen molar-refractivity contribution in [2.75, 3.05) is 5.88 Å². The van der Waals surface area contributed by atoms with E-state index in [2.05, 4.69) is 0 Å². The maximum absolute atomic E-state index is 11.1. The highest BCUT2D eigenvalue weighted by Crippen LogP contribution is 2.19. The second-order valence-electron chi connectivity index (χ2n) is 2.89. The van der Waals surface area contributed by atoms with E-state index in [1.165, 1.54) is 13.0 Å². The first kappa shape index (κ1) is 10.8. The highest BCUT2D eigenvalue weighted by atomic mass is 35.5. The molecule has 1 aromatic rings. The first-order valence-corrected chi connectivity index (χ1v) is 4.75. The summed E-state index contributed by atoms with van der Waals surface area (Å²) in [6.07, 6.45) is 3.58. The third kappa shape index (κ3) is 2.60. The van der Waals surface area contributed by atoms with Gasteiger partial charge in [0.05, 0.1) is 5.56 Å². The molecular formula is C11H11ClO2. The van der Waals surface area contributed by atoms with Crippen molar-refractivity contribution in [2.45, 2.75) is 6.92 Å². The first-order chi connectivity index (χ1) is 6.65. The summed E-state index contributed by atoms with van der Waals surface area (Å²) in [4.78, 5) is 11.1. The third-order valence-corrected chi connectivity index (χ3v) is 1.98. The zero-order valence-corrected chi connectivity index (χ0v) is 8.58. The third-order valence-electron chi connectivity index (χ3n) is 1.80. The number of ketones is 1. The molecule has 0 aliphatic carbocycles. The standard InChI is InChI=1S/C11H11ClO2/c1-8(13)10-7-9(3-2-6-12)4-5-11(10)14/h2-5,7,14H,6H2,1H3. The van der Waals surface area contributed by atoms with Crippen molar-refractivity contribution in [3.8, 4) is 5.75 Å². The number of aromatic hydroxyl groups is 1. The number of hydrogen-bond donors (Lipinski definition) is 1. The van der Waals surface area contributed by atoms with Crippen LogP contribution in [0, 0.1) is 0 Å². The van der Waals surface area contributed by atoms with Gasteiger partial charge in [-0.25, -0.2) is 0 Å². The van der Waals surface area contributed by atoms with Crippen molar-refractivity contribution >= 4 is 23.5 Å². The van der Waals surface area contributed by atoms with Crippen LogP contribution in [0.2, 0.25) is 0 Å². The van der Waals surface area contributed by atoms with Gasteiger partial charge in [0.2, 0.25) is 0 Å². The van der Waals surface area contributed by atoms with E-state index < -0.39 is 0 Å². The van der Waals surface area contributed by atoms with E-state index >= 15 is 0 Å². The van der Waals surface area contributed by atoms with Crippen LogP contribution in [-0.4, -0.2) is 16.8 Å². The summed E-state index contributed by atoms with van der Waals surface area (Å²) >= 11 is 5.48. The molecule has 1 N–H and O–H groups in total. The monoisotopic (exact) mass is 210 g/mol. The number of allylic oxidation sites excluding steroid dienone is 1. The molecule has 3 heteroatoms. The molecule has 1 rings (SSSR count). The Hall–Kier alpha value is -1.28. The molecule has 14 heavy (non-hydrogen) atoms. The summed E-state index contributed by atoms with van der Waals surface area (Å²) in [6.45, 7) is 1.42. The molecule has 0 saturated carbocycles. The van der Waals surface area contributed by atoms with Gasteiger partial charge in [0.25, 0.3) is 0 Å². The van der Waals surface area contributed by atoms with Crippen LogP contribution in [0.15, 0.2) is 24.3 Å². The molecule has 1 aromatic carbocycles. The minimum Gasteiger partial charge on any atom is -0.507 e. The van der Waals surface area contributed by atoms with Gasteiger partial charge in [0.1, 0.15) is 5.75 Å². The van der Waals surface area contributed by atoms with E-state index in [4.69, 9.17) is 11.6 Å². The van der Waals surface area contributed by atoms with Crippen LogP contribution in [0.25, 0.3) is 6.08 Å². The number of rotatable bonds is 3. The van der Waals surface area contributed by atoms with Gasteiger partial charge < -0.3 is 5.11 Å². The number of alkyl halides is 1. The summed E-state index contributed by atoms with van der Waals surface area (Å²) in [5.41, 5.74) is 1.19. The van der Waals surface area contributed by atoms with Crippen LogP contribution in [0.3, 0.4) is 0 Å². The number of phenols is 1. The second-order valence-corrected chi connectivity index (χ2v) is 3.20. The SMILES string of the molecule is CC(=O)c1cc(C=CCCl)ccc1O. The van der Waals surface area contributed by atoms with E-state index in [9.17, 15) is 9.90 Å². The van der Waals surface area contributed by atoms with E-state index in [1.54, 1.807) is 24.3 Å². The fraction of sp³-hybridized carbons (Fsp3) is 0.182. The molecule has 0 fully saturated rings. The lowest BCUT2D eigenvalue weighted by atomic mass is 10.1. The quantitative estimate of drug-likeness (QED) is 0.615. The summed E-state index contributed by atoms with van der Waals surface area (Å²) < 4.78 is 0. The van der Waals surface area contributed by atoms with Crippen LogP contribution in [-0.2, 0) is 0 Å². The molecular weight excluding hydrogens is 200 g/mol. The lowest BCUT2D eigenvalue weighted by Gasteiger charge is -2.01. The largest absolute Gasteiger partial charge is 0.507 e. The molecule has 0 atom stereocenters. The Kier molecular flexibility index (Phi) is 3.72. The van der Waals surface area contributed by atoms with Crippen molar-refractivity contribution in [1.82, 2.24) is 0 Å². The van der Waals surface area contributed by atoms with Gasteiger partial charge in [-0.3, -0.25) is 4.79 Å².